The summed E-state index contributed by atoms with van der Waals surface area (Å²) in [7, 11) is 0. The van der Waals surface area contributed by atoms with E-state index in [0.717, 1.165) is 11.3 Å². The van der Waals surface area contributed by atoms with Gasteiger partial charge in [-0.15, -0.1) is 0 Å². The summed E-state index contributed by atoms with van der Waals surface area (Å²) in [5.41, 5.74) is 6.89. The standard InChI is InChI=1S/C15H24N2O2S/c1-4-17(15(19)14(16)8-9-20-3)11(2)12-6-5-7-13(18)10-12/h5-7,10-11,14,18H,4,8-9,16H2,1-3H3/t11?,14-/m1/s1. The first kappa shape index (κ1) is 16.9. The van der Waals surface area contributed by atoms with Crippen LogP contribution in [0.15, 0.2) is 24.3 Å². The second-order valence-corrected chi connectivity index (χ2v) is 5.77. The molecule has 20 heavy (non-hydrogen) atoms. The molecule has 0 aliphatic rings. The lowest BCUT2D eigenvalue weighted by atomic mass is 10.0. The Morgan fingerprint density at radius 2 is 2.20 bits per heavy atom. The molecule has 0 saturated carbocycles. The monoisotopic (exact) mass is 296 g/mol. The van der Waals surface area contributed by atoms with Gasteiger partial charge in [-0.2, -0.15) is 11.8 Å². The molecule has 0 spiro atoms. The first-order valence-electron chi connectivity index (χ1n) is 6.85. The van der Waals surface area contributed by atoms with Crippen molar-refractivity contribution in [1.29, 1.82) is 0 Å². The second kappa shape index (κ2) is 8.17. The number of aromatic hydroxyl groups is 1. The smallest absolute Gasteiger partial charge is 0.240 e. The van der Waals surface area contributed by atoms with E-state index >= 15 is 0 Å². The minimum atomic E-state index is -0.456. The van der Waals surface area contributed by atoms with Gasteiger partial charge in [0.1, 0.15) is 5.75 Å². The van der Waals surface area contributed by atoms with Gasteiger partial charge in [0.25, 0.3) is 0 Å². The Kier molecular flexibility index (Phi) is 6.88. The molecule has 1 amide bonds. The van der Waals surface area contributed by atoms with Gasteiger partial charge in [-0.1, -0.05) is 12.1 Å². The fourth-order valence-corrected chi connectivity index (χ4v) is 2.66. The highest BCUT2D eigenvalue weighted by Crippen LogP contribution is 2.24. The predicted molar refractivity (Wildman–Crippen MR) is 84.9 cm³/mol. The molecule has 1 rings (SSSR count). The third kappa shape index (κ3) is 4.42. The van der Waals surface area contributed by atoms with Gasteiger partial charge in [0.2, 0.25) is 5.91 Å². The van der Waals surface area contributed by atoms with Crippen LogP contribution in [0.25, 0.3) is 0 Å². The molecule has 0 radical (unpaired) electrons. The van der Waals surface area contributed by atoms with Crippen LogP contribution in [0.4, 0.5) is 0 Å². The molecule has 0 aliphatic carbocycles. The Morgan fingerprint density at radius 1 is 1.50 bits per heavy atom. The summed E-state index contributed by atoms with van der Waals surface area (Å²) in [5.74, 6) is 1.06. The number of rotatable bonds is 7. The Labute approximate surface area is 125 Å². The molecule has 0 bridgehead atoms. The van der Waals surface area contributed by atoms with Crippen molar-refractivity contribution in [1.82, 2.24) is 4.90 Å². The molecule has 0 aromatic heterocycles. The van der Waals surface area contributed by atoms with Crippen molar-refractivity contribution in [3.8, 4) is 5.75 Å². The van der Waals surface area contributed by atoms with Crippen LogP contribution >= 0.6 is 11.8 Å². The van der Waals surface area contributed by atoms with Gasteiger partial charge in [0.05, 0.1) is 12.1 Å². The van der Waals surface area contributed by atoms with Crippen LogP contribution in [0.5, 0.6) is 5.75 Å². The lowest BCUT2D eigenvalue weighted by Gasteiger charge is -2.30. The minimum absolute atomic E-state index is 0.0302. The van der Waals surface area contributed by atoms with Gasteiger partial charge < -0.3 is 15.7 Å². The number of benzene rings is 1. The van der Waals surface area contributed by atoms with Gasteiger partial charge in [0.15, 0.2) is 0 Å². The Hall–Kier alpha value is -1.20. The third-order valence-electron chi connectivity index (χ3n) is 3.39. The van der Waals surface area contributed by atoms with Crippen LogP contribution in [0, 0.1) is 0 Å². The molecule has 3 N–H and O–H groups in total. The highest BCUT2D eigenvalue weighted by Gasteiger charge is 2.24. The number of carbonyl (C=O) groups excluding carboxylic acids is 1. The molecule has 5 heteroatoms. The van der Waals surface area contributed by atoms with Crippen LogP contribution in [-0.2, 0) is 4.79 Å². The molecule has 0 aliphatic heterocycles. The minimum Gasteiger partial charge on any atom is -0.508 e. The highest BCUT2D eigenvalue weighted by atomic mass is 32.2. The number of hydrogen-bond donors (Lipinski definition) is 2. The molecule has 1 unspecified atom stereocenters. The summed E-state index contributed by atoms with van der Waals surface area (Å²) in [4.78, 5) is 14.2. The third-order valence-corrected chi connectivity index (χ3v) is 4.04. The van der Waals surface area contributed by atoms with Crippen LogP contribution in [0.1, 0.15) is 31.9 Å². The largest absolute Gasteiger partial charge is 0.508 e. The van der Waals surface area contributed by atoms with Gasteiger partial charge in [-0.25, -0.2) is 0 Å². The molecule has 0 heterocycles. The van der Waals surface area contributed by atoms with Crippen molar-refractivity contribution in [2.75, 3.05) is 18.6 Å². The lowest BCUT2D eigenvalue weighted by Crippen LogP contribution is -2.45. The number of nitrogens with two attached hydrogens (primary N) is 1. The lowest BCUT2D eigenvalue weighted by molar-refractivity contribution is -0.134. The van der Waals surface area contributed by atoms with Crippen LogP contribution in [0.2, 0.25) is 0 Å². The van der Waals surface area contributed by atoms with Gasteiger partial charge in [-0.05, 0) is 50.0 Å². The first-order valence-corrected chi connectivity index (χ1v) is 8.24. The van der Waals surface area contributed by atoms with Crippen LogP contribution in [-0.4, -0.2) is 40.5 Å². The normalized spacial score (nSPS) is 13.8. The van der Waals surface area contributed by atoms with Crippen molar-refractivity contribution in [3.63, 3.8) is 0 Å². The summed E-state index contributed by atoms with van der Waals surface area (Å²) in [5, 5.41) is 9.55. The van der Waals surface area contributed by atoms with Crippen molar-refractivity contribution < 1.29 is 9.90 Å². The van der Waals surface area contributed by atoms with E-state index in [-0.39, 0.29) is 17.7 Å². The zero-order chi connectivity index (χ0) is 15.1. The molecular weight excluding hydrogens is 272 g/mol. The number of nitrogens with zero attached hydrogens (tertiary/aromatic N) is 1. The predicted octanol–water partition coefficient (Wildman–Crippen LogP) is 2.38. The zero-order valence-electron chi connectivity index (χ0n) is 12.4. The van der Waals surface area contributed by atoms with E-state index in [4.69, 9.17) is 5.73 Å². The molecule has 0 saturated heterocycles. The topological polar surface area (TPSA) is 66.6 Å². The van der Waals surface area contributed by atoms with Gasteiger partial charge >= 0.3 is 0 Å². The van der Waals surface area contributed by atoms with Gasteiger partial charge in [-0.3, -0.25) is 4.79 Å². The Bertz CT molecular complexity index is 440. The van der Waals surface area contributed by atoms with Crippen molar-refractivity contribution in [2.45, 2.75) is 32.4 Å². The van der Waals surface area contributed by atoms with E-state index in [2.05, 4.69) is 0 Å². The summed E-state index contributed by atoms with van der Waals surface area (Å²) in [6, 6.07) is 6.45. The maximum atomic E-state index is 12.4. The van der Waals surface area contributed by atoms with Crippen molar-refractivity contribution in [3.05, 3.63) is 29.8 Å². The highest BCUT2D eigenvalue weighted by molar-refractivity contribution is 7.98. The van der Waals surface area contributed by atoms with E-state index in [1.807, 2.05) is 26.2 Å². The summed E-state index contributed by atoms with van der Waals surface area (Å²) in [6.07, 6.45) is 2.69. The average molecular weight is 296 g/mol. The number of thioether (sulfide) groups is 1. The van der Waals surface area contributed by atoms with E-state index in [1.165, 1.54) is 0 Å². The molecule has 4 nitrogen and oxygen atoms in total. The van der Waals surface area contributed by atoms with Gasteiger partial charge in [0, 0.05) is 6.54 Å². The number of likely N-dealkylation sites (N-methyl/N-ethyl adjacent to an activating group) is 1. The SMILES string of the molecule is CCN(C(=O)[C@H](N)CCSC)C(C)c1cccc(O)c1. The van der Waals surface area contributed by atoms with Crippen LogP contribution < -0.4 is 5.73 Å². The van der Waals surface area contributed by atoms with E-state index in [9.17, 15) is 9.90 Å². The number of amides is 1. The number of hydrogen-bond acceptors (Lipinski definition) is 4. The molecule has 1 aromatic rings. The van der Waals surface area contributed by atoms with Crippen molar-refractivity contribution in [2.24, 2.45) is 5.73 Å². The number of phenols is 1. The molecular formula is C15H24N2O2S. The second-order valence-electron chi connectivity index (χ2n) is 4.78. The maximum absolute atomic E-state index is 12.4. The summed E-state index contributed by atoms with van der Waals surface area (Å²) >= 11 is 1.69. The summed E-state index contributed by atoms with van der Waals surface area (Å²) < 4.78 is 0. The summed E-state index contributed by atoms with van der Waals surface area (Å²) in [6.45, 7) is 4.50. The van der Waals surface area contributed by atoms with Crippen LogP contribution in [0.3, 0.4) is 0 Å². The fraction of sp³-hybridized carbons (Fsp3) is 0.533. The number of carbonyl (C=O) groups is 1. The Morgan fingerprint density at radius 3 is 2.75 bits per heavy atom. The zero-order valence-corrected chi connectivity index (χ0v) is 13.2. The van der Waals surface area contributed by atoms with E-state index in [0.29, 0.717) is 13.0 Å². The van der Waals surface area contributed by atoms with Crippen molar-refractivity contribution >= 4 is 17.7 Å². The quantitative estimate of drug-likeness (QED) is 0.811. The fourth-order valence-electron chi connectivity index (χ4n) is 2.17. The van der Waals surface area contributed by atoms with E-state index in [1.54, 1.807) is 34.9 Å². The first-order chi connectivity index (χ1) is 9.51. The molecule has 2 atom stereocenters. The molecule has 1 aromatic carbocycles. The number of phenolic OH excluding ortho intramolecular Hbond substituents is 1. The maximum Gasteiger partial charge on any atom is 0.240 e. The average Bonchev–Trinajstić information content (AvgIpc) is 2.45. The Balaban J connectivity index is 2.81. The van der Waals surface area contributed by atoms with E-state index < -0.39 is 6.04 Å². The molecule has 0 fully saturated rings. The molecule has 112 valence electrons.